The van der Waals surface area contributed by atoms with E-state index in [1.54, 1.807) is 18.3 Å². The van der Waals surface area contributed by atoms with E-state index in [2.05, 4.69) is 4.98 Å². The van der Waals surface area contributed by atoms with Crippen LogP contribution in [0, 0.1) is 5.82 Å². The lowest BCUT2D eigenvalue weighted by molar-refractivity contribution is -0.137. The molecule has 2 aromatic rings. The predicted molar refractivity (Wildman–Crippen MR) is 66.6 cm³/mol. The number of rotatable bonds is 2. The van der Waals surface area contributed by atoms with Gasteiger partial charge in [-0.2, -0.15) is 13.2 Å². The minimum Gasteiger partial charge on any atom is -0.256 e. The van der Waals surface area contributed by atoms with Crippen molar-refractivity contribution < 1.29 is 17.6 Å². The summed E-state index contributed by atoms with van der Waals surface area (Å²) in [4.78, 5) is 4.09. The topological polar surface area (TPSA) is 12.9 Å². The monoisotopic (exact) mass is 281 g/mol. The number of hydrogen-bond donors (Lipinski definition) is 0. The summed E-state index contributed by atoms with van der Waals surface area (Å²) >= 11 is 0. The molecular weight excluding hydrogens is 270 g/mol. The number of halogens is 4. The fraction of sp³-hybridized carbons (Fsp3) is 0.267. The van der Waals surface area contributed by atoms with Gasteiger partial charge in [-0.15, -0.1) is 0 Å². The number of pyridine rings is 1. The van der Waals surface area contributed by atoms with Gasteiger partial charge >= 0.3 is 6.18 Å². The van der Waals surface area contributed by atoms with E-state index < -0.39 is 17.6 Å². The molecule has 3 rings (SSSR count). The van der Waals surface area contributed by atoms with Gasteiger partial charge in [0.25, 0.3) is 0 Å². The number of aromatic nitrogens is 1. The van der Waals surface area contributed by atoms with Gasteiger partial charge in [-0.05, 0) is 48.6 Å². The van der Waals surface area contributed by atoms with Crippen LogP contribution < -0.4 is 0 Å². The van der Waals surface area contributed by atoms with Gasteiger partial charge in [0.2, 0.25) is 0 Å². The Kier molecular flexibility index (Phi) is 3.00. The van der Waals surface area contributed by atoms with Gasteiger partial charge in [0, 0.05) is 11.8 Å². The van der Waals surface area contributed by atoms with E-state index in [-0.39, 0.29) is 11.3 Å². The molecule has 104 valence electrons. The first-order chi connectivity index (χ1) is 9.45. The van der Waals surface area contributed by atoms with E-state index in [0.29, 0.717) is 5.92 Å². The minimum absolute atomic E-state index is 0.123. The fourth-order valence-electron chi connectivity index (χ4n) is 2.12. The van der Waals surface area contributed by atoms with Gasteiger partial charge in [0.05, 0.1) is 11.3 Å². The molecule has 1 fully saturated rings. The summed E-state index contributed by atoms with van der Waals surface area (Å²) in [5.41, 5.74) is 0.281. The zero-order chi connectivity index (χ0) is 14.3. The summed E-state index contributed by atoms with van der Waals surface area (Å²) in [5, 5.41) is 0. The normalized spacial score (nSPS) is 15.4. The molecule has 0 amide bonds. The molecule has 1 aliphatic rings. The standard InChI is InChI=1S/C15H11F4N/c16-13-5-4-11(15(17,18)19)7-12(13)14-6-3-10(8-20-14)9-1-2-9/h3-9H,1-2H2. The van der Waals surface area contributed by atoms with E-state index in [9.17, 15) is 17.6 Å². The Morgan fingerprint density at radius 3 is 2.35 bits per heavy atom. The Hall–Kier alpha value is -1.91. The van der Waals surface area contributed by atoms with Gasteiger partial charge in [0.1, 0.15) is 5.82 Å². The van der Waals surface area contributed by atoms with E-state index in [1.807, 2.05) is 0 Å². The lowest BCUT2D eigenvalue weighted by atomic mass is 10.1. The Bertz CT molecular complexity index is 627. The van der Waals surface area contributed by atoms with Gasteiger partial charge in [0.15, 0.2) is 0 Å². The summed E-state index contributed by atoms with van der Waals surface area (Å²) in [6.45, 7) is 0. The highest BCUT2D eigenvalue weighted by atomic mass is 19.4. The zero-order valence-electron chi connectivity index (χ0n) is 10.4. The van der Waals surface area contributed by atoms with Crippen LogP contribution in [-0.2, 0) is 6.18 Å². The SMILES string of the molecule is Fc1ccc(C(F)(F)F)cc1-c1ccc(C2CC2)cn1. The summed E-state index contributed by atoms with van der Waals surface area (Å²) in [5.74, 6) is -0.201. The van der Waals surface area contributed by atoms with Crippen LogP contribution in [0.4, 0.5) is 17.6 Å². The Labute approximate surface area is 113 Å². The maximum atomic E-state index is 13.7. The number of alkyl halides is 3. The van der Waals surface area contributed by atoms with Crippen LogP contribution in [0.5, 0.6) is 0 Å². The van der Waals surface area contributed by atoms with Crippen molar-refractivity contribution in [3.8, 4) is 11.3 Å². The molecular formula is C15H11F4N. The molecule has 1 saturated carbocycles. The maximum absolute atomic E-state index is 13.7. The van der Waals surface area contributed by atoms with Crippen molar-refractivity contribution in [3.05, 3.63) is 53.5 Å². The van der Waals surface area contributed by atoms with Crippen LogP contribution in [0.25, 0.3) is 11.3 Å². The number of nitrogens with zero attached hydrogens (tertiary/aromatic N) is 1. The zero-order valence-corrected chi connectivity index (χ0v) is 10.4. The Balaban J connectivity index is 1.99. The molecule has 1 heterocycles. The molecule has 1 aromatic carbocycles. The predicted octanol–water partition coefficient (Wildman–Crippen LogP) is 4.78. The fourth-order valence-corrected chi connectivity index (χ4v) is 2.12. The molecule has 0 unspecified atom stereocenters. The molecule has 0 saturated heterocycles. The Morgan fingerprint density at radius 2 is 1.80 bits per heavy atom. The third-order valence-electron chi connectivity index (χ3n) is 3.40. The van der Waals surface area contributed by atoms with Crippen LogP contribution in [-0.4, -0.2) is 4.98 Å². The first kappa shape index (κ1) is 13.1. The van der Waals surface area contributed by atoms with Gasteiger partial charge in [-0.25, -0.2) is 4.39 Å². The molecule has 0 spiro atoms. The molecule has 1 nitrogen and oxygen atoms in total. The van der Waals surface area contributed by atoms with E-state index in [4.69, 9.17) is 0 Å². The van der Waals surface area contributed by atoms with Crippen LogP contribution in [0.1, 0.15) is 29.9 Å². The molecule has 5 heteroatoms. The second-order valence-electron chi connectivity index (χ2n) is 4.94. The van der Waals surface area contributed by atoms with Crippen LogP contribution in [0.3, 0.4) is 0 Å². The second kappa shape index (κ2) is 4.58. The molecule has 0 radical (unpaired) electrons. The average molecular weight is 281 g/mol. The molecule has 1 aromatic heterocycles. The van der Waals surface area contributed by atoms with E-state index in [1.165, 1.54) is 0 Å². The smallest absolute Gasteiger partial charge is 0.256 e. The molecule has 0 aliphatic heterocycles. The second-order valence-corrected chi connectivity index (χ2v) is 4.94. The van der Waals surface area contributed by atoms with Crippen LogP contribution >= 0.6 is 0 Å². The largest absolute Gasteiger partial charge is 0.416 e. The van der Waals surface area contributed by atoms with Crippen molar-refractivity contribution in [2.45, 2.75) is 24.9 Å². The highest BCUT2D eigenvalue weighted by Crippen LogP contribution is 2.40. The van der Waals surface area contributed by atoms with Gasteiger partial charge < -0.3 is 0 Å². The van der Waals surface area contributed by atoms with Crippen molar-refractivity contribution in [3.63, 3.8) is 0 Å². The lowest BCUT2D eigenvalue weighted by Crippen LogP contribution is -2.05. The van der Waals surface area contributed by atoms with Crippen molar-refractivity contribution in [2.75, 3.05) is 0 Å². The van der Waals surface area contributed by atoms with Gasteiger partial charge in [-0.1, -0.05) is 6.07 Å². The summed E-state index contributed by atoms with van der Waals surface area (Å²) in [7, 11) is 0. The number of benzene rings is 1. The van der Waals surface area contributed by atoms with Crippen molar-refractivity contribution >= 4 is 0 Å². The molecule has 0 bridgehead atoms. The first-order valence-corrected chi connectivity index (χ1v) is 6.28. The highest BCUT2D eigenvalue weighted by molar-refractivity contribution is 5.61. The third-order valence-corrected chi connectivity index (χ3v) is 3.40. The lowest BCUT2D eigenvalue weighted by Gasteiger charge is -2.10. The maximum Gasteiger partial charge on any atom is 0.416 e. The summed E-state index contributed by atoms with van der Waals surface area (Å²) in [6, 6.07) is 5.74. The quantitative estimate of drug-likeness (QED) is 0.722. The van der Waals surface area contributed by atoms with E-state index >= 15 is 0 Å². The molecule has 1 aliphatic carbocycles. The highest BCUT2D eigenvalue weighted by Gasteiger charge is 2.31. The molecule has 20 heavy (non-hydrogen) atoms. The van der Waals surface area contributed by atoms with Crippen molar-refractivity contribution in [2.24, 2.45) is 0 Å². The number of hydrogen-bond acceptors (Lipinski definition) is 1. The van der Waals surface area contributed by atoms with Crippen molar-refractivity contribution in [1.29, 1.82) is 0 Å². The van der Waals surface area contributed by atoms with Gasteiger partial charge in [-0.3, -0.25) is 4.98 Å². The molecule has 0 atom stereocenters. The first-order valence-electron chi connectivity index (χ1n) is 6.28. The average Bonchev–Trinajstić information content (AvgIpc) is 3.22. The molecule has 0 N–H and O–H groups in total. The van der Waals surface area contributed by atoms with Crippen molar-refractivity contribution in [1.82, 2.24) is 4.98 Å². The summed E-state index contributed by atoms with van der Waals surface area (Å²) in [6.07, 6.45) is -0.652. The Morgan fingerprint density at radius 1 is 1.05 bits per heavy atom. The summed E-state index contributed by atoms with van der Waals surface area (Å²) < 4.78 is 51.7. The van der Waals surface area contributed by atoms with Crippen LogP contribution in [0.15, 0.2) is 36.5 Å². The minimum atomic E-state index is -4.49. The van der Waals surface area contributed by atoms with E-state index in [0.717, 1.165) is 36.6 Å². The van der Waals surface area contributed by atoms with Crippen LogP contribution in [0.2, 0.25) is 0 Å². The third kappa shape index (κ3) is 2.53.